The molecule has 1 N–H and O–H groups in total. The summed E-state index contributed by atoms with van der Waals surface area (Å²) >= 11 is 0. The Kier molecular flexibility index (Phi) is 6.96. The standard InChI is InChI=1S/C19H23N3O5S/c23-15-18-14-22(21-20-18)9-3-12-28(24,25)27-11-4-10-26-19-8-7-16-5-1-2-6-17(16)13-19/h1-2,5-8,13-14,23H,3-4,9-12,15H2. The largest absolute Gasteiger partial charge is 0.493 e. The first-order valence-corrected chi connectivity index (χ1v) is 10.6. The summed E-state index contributed by atoms with van der Waals surface area (Å²) in [5.41, 5.74) is 0.450. The Hall–Kier alpha value is -2.49. The quantitative estimate of drug-likeness (QED) is 0.385. The zero-order chi connectivity index (χ0) is 19.8. The Morgan fingerprint density at radius 1 is 1.04 bits per heavy atom. The van der Waals surface area contributed by atoms with E-state index in [1.54, 1.807) is 6.20 Å². The van der Waals surface area contributed by atoms with Crippen molar-refractivity contribution in [3.63, 3.8) is 0 Å². The van der Waals surface area contributed by atoms with Crippen LogP contribution in [0.4, 0.5) is 0 Å². The van der Waals surface area contributed by atoms with E-state index < -0.39 is 10.1 Å². The number of aliphatic hydroxyl groups excluding tert-OH is 1. The number of nitrogens with zero attached hydrogens (tertiary/aromatic N) is 3. The molecule has 0 atom stereocenters. The minimum Gasteiger partial charge on any atom is -0.493 e. The Balaban J connectivity index is 1.34. The molecule has 1 heterocycles. The SMILES string of the molecule is O=S(=O)(CCCn1cc(CO)nn1)OCCCOc1ccc2ccccc2c1. The molecular weight excluding hydrogens is 382 g/mol. The lowest BCUT2D eigenvalue weighted by atomic mass is 10.1. The summed E-state index contributed by atoms with van der Waals surface area (Å²) in [6.07, 6.45) is 2.40. The number of aliphatic hydroxyl groups is 1. The van der Waals surface area contributed by atoms with Crippen molar-refractivity contribution in [1.82, 2.24) is 15.0 Å². The smallest absolute Gasteiger partial charge is 0.267 e. The van der Waals surface area contributed by atoms with Crippen LogP contribution in [-0.4, -0.2) is 47.5 Å². The van der Waals surface area contributed by atoms with Gasteiger partial charge in [-0.25, -0.2) is 0 Å². The van der Waals surface area contributed by atoms with Crippen LogP contribution in [0.25, 0.3) is 10.8 Å². The number of rotatable bonds is 11. The number of fused-ring (bicyclic) bond motifs is 1. The van der Waals surface area contributed by atoms with Gasteiger partial charge in [0.05, 0.1) is 31.8 Å². The summed E-state index contributed by atoms with van der Waals surface area (Å²) in [5, 5.41) is 18.7. The maximum atomic E-state index is 11.9. The Morgan fingerprint density at radius 3 is 2.64 bits per heavy atom. The molecule has 9 heteroatoms. The Morgan fingerprint density at radius 2 is 1.86 bits per heavy atom. The van der Waals surface area contributed by atoms with Crippen LogP contribution in [0.1, 0.15) is 18.5 Å². The molecular formula is C19H23N3O5S. The van der Waals surface area contributed by atoms with Crippen LogP contribution >= 0.6 is 0 Å². The van der Waals surface area contributed by atoms with Gasteiger partial charge in [0.25, 0.3) is 10.1 Å². The minimum absolute atomic E-state index is 0.0773. The second-order valence-corrected chi connectivity index (χ2v) is 8.04. The average Bonchev–Trinajstić information content (AvgIpc) is 3.15. The Bertz CT molecular complexity index is 1000. The van der Waals surface area contributed by atoms with Gasteiger partial charge in [-0.1, -0.05) is 35.5 Å². The third kappa shape index (κ3) is 6.01. The molecule has 0 saturated heterocycles. The highest BCUT2D eigenvalue weighted by Gasteiger charge is 2.11. The molecule has 0 bridgehead atoms. The van der Waals surface area contributed by atoms with E-state index in [4.69, 9.17) is 14.0 Å². The molecule has 1 aromatic heterocycles. The maximum absolute atomic E-state index is 11.9. The summed E-state index contributed by atoms with van der Waals surface area (Å²) in [4.78, 5) is 0. The lowest BCUT2D eigenvalue weighted by Gasteiger charge is -2.08. The van der Waals surface area contributed by atoms with Crippen LogP contribution in [0.5, 0.6) is 5.75 Å². The fourth-order valence-corrected chi connectivity index (χ4v) is 3.65. The number of aryl methyl sites for hydroxylation is 1. The third-order valence-electron chi connectivity index (χ3n) is 4.07. The van der Waals surface area contributed by atoms with Gasteiger partial charge in [-0.15, -0.1) is 5.10 Å². The van der Waals surface area contributed by atoms with Crippen LogP contribution in [0.15, 0.2) is 48.7 Å². The summed E-state index contributed by atoms with van der Waals surface area (Å²) in [7, 11) is -3.59. The molecule has 8 nitrogen and oxygen atoms in total. The molecule has 0 aliphatic rings. The normalized spacial score (nSPS) is 11.8. The van der Waals surface area contributed by atoms with E-state index in [9.17, 15) is 8.42 Å². The van der Waals surface area contributed by atoms with Gasteiger partial charge in [-0.2, -0.15) is 8.42 Å². The molecule has 3 aromatic rings. The van der Waals surface area contributed by atoms with Gasteiger partial charge in [0.2, 0.25) is 0 Å². The minimum atomic E-state index is -3.59. The number of hydrogen-bond donors (Lipinski definition) is 1. The lowest BCUT2D eigenvalue weighted by Crippen LogP contribution is -2.15. The van der Waals surface area contributed by atoms with Gasteiger partial charge < -0.3 is 9.84 Å². The van der Waals surface area contributed by atoms with Gasteiger partial charge >= 0.3 is 0 Å². The molecule has 0 spiro atoms. The molecule has 0 radical (unpaired) electrons. The lowest BCUT2D eigenvalue weighted by molar-refractivity contribution is 0.250. The van der Waals surface area contributed by atoms with Gasteiger partial charge in [-0.05, 0) is 29.3 Å². The predicted molar refractivity (Wildman–Crippen MR) is 104 cm³/mol. The van der Waals surface area contributed by atoms with E-state index in [2.05, 4.69) is 10.3 Å². The molecule has 150 valence electrons. The zero-order valence-electron chi connectivity index (χ0n) is 15.4. The van der Waals surface area contributed by atoms with Crippen LogP contribution in [0.2, 0.25) is 0 Å². The second-order valence-electron chi connectivity index (χ2n) is 6.28. The zero-order valence-corrected chi connectivity index (χ0v) is 16.2. The topological polar surface area (TPSA) is 104 Å². The van der Waals surface area contributed by atoms with E-state index in [0.717, 1.165) is 16.5 Å². The first-order valence-electron chi connectivity index (χ1n) is 9.04. The van der Waals surface area contributed by atoms with Crippen LogP contribution < -0.4 is 4.74 Å². The third-order valence-corrected chi connectivity index (χ3v) is 5.39. The van der Waals surface area contributed by atoms with Crippen molar-refractivity contribution < 1.29 is 22.4 Å². The van der Waals surface area contributed by atoms with Crippen molar-refractivity contribution in [3.8, 4) is 5.75 Å². The molecule has 3 rings (SSSR count). The van der Waals surface area contributed by atoms with Gasteiger partial charge in [0.15, 0.2) is 0 Å². The van der Waals surface area contributed by atoms with Crippen molar-refractivity contribution in [3.05, 3.63) is 54.4 Å². The fourth-order valence-electron chi connectivity index (χ4n) is 2.67. The van der Waals surface area contributed by atoms with Crippen molar-refractivity contribution in [2.75, 3.05) is 19.0 Å². The molecule has 0 aliphatic heterocycles. The second kappa shape index (κ2) is 9.63. The Labute approximate surface area is 163 Å². The highest BCUT2D eigenvalue weighted by atomic mass is 32.2. The predicted octanol–water partition coefficient (Wildman–Crippen LogP) is 2.13. The van der Waals surface area contributed by atoms with Crippen molar-refractivity contribution in [2.24, 2.45) is 0 Å². The van der Waals surface area contributed by atoms with Gasteiger partial charge in [-0.3, -0.25) is 8.86 Å². The highest BCUT2D eigenvalue weighted by molar-refractivity contribution is 7.86. The van der Waals surface area contributed by atoms with Crippen LogP contribution in [-0.2, 0) is 27.5 Å². The van der Waals surface area contributed by atoms with E-state index in [0.29, 0.717) is 31.7 Å². The fraction of sp³-hybridized carbons (Fsp3) is 0.368. The van der Waals surface area contributed by atoms with Crippen LogP contribution in [0.3, 0.4) is 0 Å². The van der Waals surface area contributed by atoms with Gasteiger partial charge in [0, 0.05) is 13.0 Å². The molecule has 0 saturated carbocycles. The monoisotopic (exact) mass is 405 g/mol. The van der Waals surface area contributed by atoms with E-state index in [1.807, 2.05) is 42.5 Å². The van der Waals surface area contributed by atoms with Gasteiger partial charge in [0.1, 0.15) is 11.4 Å². The van der Waals surface area contributed by atoms with E-state index in [1.165, 1.54) is 4.68 Å². The summed E-state index contributed by atoms with van der Waals surface area (Å²) in [6.45, 7) is 0.647. The molecule has 28 heavy (non-hydrogen) atoms. The van der Waals surface area contributed by atoms with Crippen LogP contribution in [0, 0.1) is 0 Å². The molecule has 0 aliphatic carbocycles. The molecule has 0 unspecified atom stereocenters. The summed E-state index contributed by atoms with van der Waals surface area (Å²) in [5.74, 6) is 0.643. The number of aromatic nitrogens is 3. The maximum Gasteiger partial charge on any atom is 0.267 e. The molecule has 0 amide bonds. The van der Waals surface area contributed by atoms with Crippen molar-refractivity contribution in [2.45, 2.75) is 26.0 Å². The number of benzene rings is 2. The van der Waals surface area contributed by atoms with E-state index >= 15 is 0 Å². The number of ether oxygens (including phenoxy) is 1. The van der Waals surface area contributed by atoms with Crippen molar-refractivity contribution >= 4 is 20.9 Å². The van der Waals surface area contributed by atoms with Crippen molar-refractivity contribution in [1.29, 1.82) is 0 Å². The summed E-state index contributed by atoms with van der Waals surface area (Å²) in [6, 6.07) is 13.8. The molecule has 0 fully saturated rings. The number of hydrogen-bond acceptors (Lipinski definition) is 7. The molecule has 2 aromatic carbocycles. The van der Waals surface area contributed by atoms with E-state index in [-0.39, 0.29) is 19.0 Å². The highest BCUT2D eigenvalue weighted by Crippen LogP contribution is 2.20. The average molecular weight is 405 g/mol. The summed E-state index contributed by atoms with van der Waals surface area (Å²) < 4.78 is 36.0. The first-order chi connectivity index (χ1) is 13.6. The first kappa shape index (κ1) is 20.2.